The van der Waals surface area contributed by atoms with E-state index in [1.165, 1.54) is 0 Å². The molecule has 0 heterocycles. The number of unbranched alkanes of at least 4 members (excludes halogenated alkanes) is 1. The molecule has 0 bridgehead atoms. The van der Waals surface area contributed by atoms with Gasteiger partial charge in [0, 0.05) is 5.57 Å². The summed E-state index contributed by atoms with van der Waals surface area (Å²) in [6.45, 7) is 1.44. The minimum Gasteiger partial charge on any atom is -0.366 e. The number of carbonyl (C=O) groups is 1. The average molecular weight is 223 g/mol. The van der Waals surface area contributed by atoms with Gasteiger partial charge in [-0.1, -0.05) is 6.08 Å². The third-order valence-electron chi connectivity index (χ3n) is 1.42. The van der Waals surface area contributed by atoms with Crippen molar-refractivity contribution < 1.29 is 21.9 Å². The van der Waals surface area contributed by atoms with E-state index in [9.17, 15) is 13.2 Å². The molecule has 1 amide bonds. The van der Waals surface area contributed by atoms with Gasteiger partial charge in [-0.05, 0) is 19.8 Å². The molecular weight excluding hydrogens is 210 g/mol. The Kier molecular flexibility index (Phi) is 5.36. The maximum atomic E-state index is 10.5. The normalized spacial score (nSPS) is 12.9. The third kappa shape index (κ3) is 7.71. The average Bonchev–Trinajstić information content (AvgIpc) is 2.01. The Morgan fingerprint density at radius 1 is 1.57 bits per heavy atom. The molecule has 14 heavy (non-hydrogen) atoms. The smallest absolute Gasteiger partial charge is 0.366 e. The highest BCUT2D eigenvalue weighted by molar-refractivity contribution is 7.80. The number of nitrogens with two attached hydrogens (primary N) is 1. The number of allylic oxidation sites excluding steroid dienone is 1. The van der Waals surface area contributed by atoms with E-state index in [2.05, 4.69) is 4.18 Å². The first-order valence-corrected chi connectivity index (χ1v) is 5.28. The van der Waals surface area contributed by atoms with E-state index in [0.717, 1.165) is 0 Å². The summed E-state index contributed by atoms with van der Waals surface area (Å²) in [4.78, 5) is 10.5. The van der Waals surface area contributed by atoms with Crippen LogP contribution in [0.1, 0.15) is 19.8 Å². The van der Waals surface area contributed by atoms with Crippen LogP contribution in [0.4, 0.5) is 0 Å². The van der Waals surface area contributed by atoms with E-state index in [0.29, 0.717) is 18.4 Å². The van der Waals surface area contributed by atoms with Crippen LogP contribution in [0.15, 0.2) is 11.6 Å². The number of hydrogen-bond donors (Lipinski definition) is 2. The van der Waals surface area contributed by atoms with E-state index in [-0.39, 0.29) is 6.61 Å². The van der Waals surface area contributed by atoms with Crippen LogP contribution >= 0.6 is 0 Å². The van der Waals surface area contributed by atoms with Gasteiger partial charge in [0.2, 0.25) is 5.91 Å². The molecule has 0 spiro atoms. The van der Waals surface area contributed by atoms with Crippen LogP contribution in [-0.4, -0.2) is 25.5 Å². The van der Waals surface area contributed by atoms with Crippen molar-refractivity contribution in [1.82, 2.24) is 0 Å². The summed E-state index contributed by atoms with van der Waals surface area (Å²) in [5.74, 6) is -0.513. The minimum absolute atomic E-state index is 0.124. The van der Waals surface area contributed by atoms with Crippen LogP contribution in [0.3, 0.4) is 0 Å². The standard InChI is InChI=1S/C7H13NO5S/c1-6(7(8)9)4-2-3-5-13-14(10,11)12/h4H,2-3,5H2,1H3,(H2,8,9)(H,10,11,12). The second-order valence-electron chi connectivity index (χ2n) is 2.64. The summed E-state index contributed by atoms with van der Waals surface area (Å²) in [6.07, 6.45) is 2.42. The maximum Gasteiger partial charge on any atom is 0.397 e. The van der Waals surface area contributed by atoms with E-state index in [4.69, 9.17) is 10.3 Å². The molecule has 0 rings (SSSR count). The molecule has 0 aromatic carbocycles. The Bertz CT molecular complexity index is 319. The van der Waals surface area contributed by atoms with Gasteiger partial charge in [0.25, 0.3) is 0 Å². The van der Waals surface area contributed by atoms with E-state index < -0.39 is 16.3 Å². The molecule has 0 atom stereocenters. The summed E-state index contributed by atoms with van der Waals surface area (Å²) in [5.41, 5.74) is 5.36. The molecule has 0 aromatic rings. The fourth-order valence-corrected chi connectivity index (χ4v) is 0.995. The molecule has 6 nitrogen and oxygen atoms in total. The number of hydrogen-bond acceptors (Lipinski definition) is 4. The fourth-order valence-electron chi connectivity index (χ4n) is 0.667. The van der Waals surface area contributed by atoms with E-state index in [1.54, 1.807) is 13.0 Å². The van der Waals surface area contributed by atoms with Gasteiger partial charge in [-0.2, -0.15) is 8.42 Å². The lowest BCUT2D eigenvalue weighted by molar-refractivity contribution is -0.114. The molecule has 0 aliphatic heterocycles. The van der Waals surface area contributed by atoms with Crippen LogP contribution in [-0.2, 0) is 19.4 Å². The van der Waals surface area contributed by atoms with E-state index >= 15 is 0 Å². The molecule has 0 aliphatic rings. The van der Waals surface area contributed by atoms with Crippen LogP contribution < -0.4 is 5.73 Å². The highest BCUT2D eigenvalue weighted by Crippen LogP contribution is 1.99. The predicted octanol–water partition coefficient (Wildman–Crippen LogP) is 0.0176. The van der Waals surface area contributed by atoms with Gasteiger partial charge >= 0.3 is 10.4 Å². The summed E-state index contributed by atoms with van der Waals surface area (Å²) in [5, 5.41) is 0. The van der Waals surface area contributed by atoms with Gasteiger partial charge in [0.05, 0.1) is 6.61 Å². The maximum absolute atomic E-state index is 10.5. The Hall–Kier alpha value is -0.920. The zero-order valence-corrected chi connectivity index (χ0v) is 8.58. The van der Waals surface area contributed by atoms with Crippen LogP contribution in [0.5, 0.6) is 0 Å². The summed E-state index contributed by atoms with van der Waals surface area (Å²) < 4.78 is 32.4. The van der Waals surface area contributed by atoms with Crippen molar-refractivity contribution in [1.29, 1.82) is 0 Å². The molecule has 0 saturated heterocycles. The summed E-state index contributed by atoms with van der Waals surface area (Å²) >= 11 is 0. The molecule has 0 unspecified atom stereocenters. The molecule has 0 aromatic heterocycles. The first kappa shape index (κ1) is 13.1. The summed E-state index contributed by atoms with van der Waals surface area (Å²) in [6, 6.07) is 0. The van der Waals surface area contributed by atoms with Gasteiger partial charge in [0.15, 0.2) is 0 Å². The quantitative estimate of drug-likeness (QED) is 0.375. The highest BCUT2D eigenvalue weighted by atomic mass is 32.3. The monoisotopic (exact) mass is 223 g/mol. The third-order valence-corrected chi connectivity index (χ3v) is 1.88. The number of rotatable bonds is 6. The fraction of sp³-hybridized carbons (Fsp3) is 0.571. The Balaban J connectivity index is 3.67. The molecule has 7 heteroatoms. The van der Waals surface area contributed by atoms with E-state index in [1.807, 2.05) is 0 Å². The van der Waals surface area contributed by atoms with Crippen molar-refractivity contribution in [2.45, 2.75) is 19.8 Å². The second-order valence-corrected chi connectivity index (χ2v) is 3.73. The molecule has 3 N–H and O–H groups in total. The van der Waals surface area contributed by atoms with Gasteiger partial charge < -0.3 is 5.73 Å². The van der Waals surface area contributed by atoms with Crippen molar-refractivity contribution in [3.63, 3.8) is 0 Å². The van der Waals surface area contributed by atoms with Crippen molar-refractivity contribution in [3.8, 4) is 0 Å². The van der Waals surface area contributed by atoms with Crippen molar-refractivity contribution in [2.24, 2.45) is 5.73 Å². The molecule has 0 saturated carbocycles. The Morgan fingerprint density at radius 2 is 2.14 bits per heavy atom. The Morgan fingerprint density at radius 3 is 2.57 bits per heavy atom. The molecule has 82 valence electrons. The SMILES string of the molecule is CC(=CCCCOS(=O)(=O)O)C(N)=O. The number of amides is 1. The zero-order valence-electron chi connectivity index (χ0n) is 7.76. The lowest BCUT2D eigenvalue weighted by atomic mass is 10.2. The van der Waals surface area contributed by atoms with Gasteiger partial charge in [0.1, 0.15) is 0 Å². The molecule has 0 radical (unpaired) electrons. The summed E-state index contributed by atoms with van der Waals surface area (Å²) in [7, 11) is -4.35. The minimum atomic E-state index is -4.35. The predicted molar refractivity (Wildman–Crippen MR) is 49.7 cm³/mol. The van der Waals surface area contributed by atoms with Crippen LogP contribution in [0.25, 0.3) is 0 Å². The first-order chi connectivity index (χ1) is 6.33. The first-order valence-electron chi connectivity index (χ1n) is 3.91. The van der Waals surface area contributed by atoms with Gasteiger partial charge in [-0.3, -0.25) is 9.35 Å². The topological polar surface area (TPSA) is 107 Å². The molecule has 0 aliphatic carbocycles. The second kappa shape index (κ2) is 5.74. The number of primary amides is 1. The lowest BCUT2D eigenvalue weighted by Gasteiger charge is -1.97. The Labute approximate surface area is 82.7 Å². The van der Waals surface area contributed by atoms with Crippen molar-refractivity contribution in [2.75, 3.05) is 6.61 Å². The van der Waals surface area contributed by atoms with Crippen LogP contribution in [0, 0.1) is 0 Å². The number of carbonyl (C=O) groups excluding carboxylic acids is 1. The van der Waals surface area contributed by atoms with Crippen molar-refractivity contribution >= 4 is 16.3 Å². The zero-order chi connectivity index (χ0) is 11.2. The lowest BCUT2D eigenvalue weighted by Crippen LogP contribution is -2.11. The van der Waals surface area contributed by atoms with Gasteiger partial charge in [-0.15, -0.1) is 0 Å². The molecule has 0 fully saturated rings. The molecular formula is C7H13NO5S. The van der Waals surface area contributed by atoms with Crippen molar-refractivity contribution in [3.05, 3.63) is 11.6 Å². The van der Waals surface area contributed by atoms with Crippen LogP contribution in [0.2, 0.25) is 0 Å². The highest BCUT2D eigenvalue weighted by Gasteiger charge is 2.02. The largest absolute Gasteiger partial charge is 0.397 e. The van der Waals surface area contributed by atoms with Gasteiger partial charge in [-0.25, -0.2) is 4.18 Å².